The van der Waals surface area contributed by atoms with E-state index in [1.807, 2.05) is 44.2 Å². The second-order valence-corrected chi connectivity index (χ2v) is 4.83. The van der Waals surface area contributed by atoms with E-state index in [1.165, 1.54) is 0 Å². The molecule has 2 aromatic rings. The van der Waals surface area contributed by atoms with Gasteiger partial charge >= 0.3 is 0 Å². The van der Waals surface area contributed by atoms with Gasteiger partial charge in [-0.3, -0.25) is 16.3 Å². The number of aromatic nitrogens is 1. The Morgan fingerprint density at radius 3 is 2.67 bits per heavy atom. The molecule has 1 unspecified atom stereocenters. The minimum atomic E-state index is -0.416. The van der Waals surface area contributed by atoms with Crippen LogP contribution in [-0.4, -0.2) is 17.7 Å². The van der Waals surface area contributed by atoms with E-state index in [0.717, 1.165) is 16.5 Å². The summed E-state index contributed by atoms with van der Waals surface area (Å²) >= 11 is 0. The van der Waals surface area contributed by atoms with Crippen molar-refractivity contribution in [3.8, 4) is 0 Å². The highest BCUT2D eigenvalue weighted by atomic mass is 16.5. The molecular weight excluding hydrogens is 226 g/mol. The summed E-state index contributed by atoms with van der Waals surface area (Å²) in [6.07, 6.45) is 1.79. The fourth-order valence-electron chi connectivity index (χ4n) is 2.14. The van der Waals surface area contributed by atoms with Gasteiger partial charge in [0.2, 0.25) is 0 Å². The molecule has 0 fully saturated rings. The van der Waals surface area contributed by atoms with Gasteiger partial charge in [-0.1, -0.05) is 24.3 Å². The molecule has 1 heterocycles. The molecule has 0 spiro atoms. The molecule has 2 rings (SSSR count). The zero-order valence-corrected chi connectivity index (χ0v) is 11.0. The molecule has 96 valence electrons. The molecule has 3 N–H and O–H groups in total. The third kappa shape index (κ3) is 2.22. The highest BCUT2D eigenvalue weighted by Gasteiger charge is 2.31. The first-order valence-corrected chi connectivity index (χ1v) is 5.95. The van der Waals surface area contributed by atoms with E-state index in [2.05, 4.69) is 10.4 Å². The number of rotatable bonds is 4. The normalized spacial score (nSPS) is 13.8. The van der Waals surface area contributed by atoms with E-state index >= 15 is 0 Å². The number of benzene rings is 1. The Labute approximate surface area is 107 Å². The maximum atomic E-state index is 5.70. The number of fused-ring (bicyclic) bond motifs is 1. The van der Waals surface area contributed by atoms with Gasteiger partial charge in [0.1, 0.15) is 0 Å². The number of para-hydroxylation sites is 1. The van der Waals surface area contributed by atoms with Crippen LogP contribution in [0, 0.1) is 0 Å². The number of pyridine rings is 1. The zero-order chi connectivity index (χ0) is 13.2. The highest BCUT2D eigenvalue weighted by Crippen LogP contribution is 2.31. The van der Waals surface area contributed by atoms with Crippen molar-refractivity contribution < 1.29 is 4.74 Å². The second-order valence-electron chi connectivity index (χ2n) is 4.83. The van der Waals surface area contributed by atoms with Crippen LogP contribution < -0.4 is 11.3 Å². The lowest BCUT2D eigenvalue weighted by Crippen LogP contribution is -2.44. The van der Waals surface area contributed by atoms with Crippen molar-refractivity contribution in [1.82, 2.24) is 10.4 Å². The Morgan fingerprint density at radius 1 is 1.28 bits per heavy atom. The highest BCUT2D eigenvalue weighted by molar-refractivity contribution is 5.82. The molecule has 0 aliphatic rings. The van der Waals surface area contributed by atoms with E-state index in [1.54, 1.807) is 13.3 Å². The third-order valence-corrected chi connectivity index (χ3v) is 3.36. The van der Waals surface area contributed by atoms with Crippen LogP contribution in [0.4, 0.5) is 0 Å². The van der Waals surface area contributed by atoms with Crippen LogP contribution in [0.25, 0.3) is 10.9 Å². The third-order valence-electron chi connectivity index (χ3n) is 3.36. The SMILES string of the molecule is COC(C)(C)C(NN)c1cccc2cccnc12. The standard InChI is InChI=1S/C14H19N3O/c1-14(2,18-3)13(17-15)11-8-4-6-10-7-5-9-16-12(10)11/h4-9,13,17H,15H2,1-3H3. The van der Waals surface area contributed by atoms with Gasteiger partial charge in [-0.05, 0) is 25.5 Å². The quantitative estimate of drug-likeness (QED) is 0.640. The van der Waals surface area contributed by atoms with Crippen LogP contribution in [0.15, 0.2) is 36.5 Å². The monoisotopic (exact) mass is 245 g/mol. The van der Waals surface area contributed by atoms with Crippen molar-refractivity contribution in [2.75, 3.05) is 7.11 Å². The lowest BCUT2D eigenvalue weighted by atomic mass is 9.90. The summed E-state index contributed by atoms with van der Waals surface area (Å²) in [6.45, 7) is 4.00. The average molecular weight is 245 g/mol. The molecule has 1 atom stereocenters. The number of nitrogens with two attached hydrogens (primary N) is 1. The van der Waals surface area contributed by atoms with E-state index in [4.69, 9.17) is 10.6 Å². The average Bonchev–Trinajstić information content (AvgIpc) is 2.39. The Morgan fingerprint density at radius 2 is 2.00 bits per heavy atom. The van der Waals surface area contributed by atoms with Crippen molar-refractivity contribution in [3.63, 3.8) is 0 Å². The van der Waals surface area contributed by atoms with Gasteiger partial charge in [0.25, 0.3) is 0 Å². The number of hydrogen-bond acceptors (Lipinski definition) is 4. The van der Waals surface area contributed by atoms with Gasteiger partial charge in [-0.25, -0.2) is 0 Å². The molecule has 1 aromatic carbocycles. The summed E-state index contributed by atoms with van der Waals surface area (Å²) in [7, 11) is 1.68. The van der Waals surface area contributed by atoms with Crippen LogP contribution in [0.1, 0.15) is 25.5 Å². The Bertz CT molecular complexity index is 534. The molecule has 4 nitrogen and oxygen atoms in total. The number of hydrogen-bond donors (Lipinski definition) is 2. The van der Waals surface area contributed by atoms with Crippen LogP contribution in [-0.2, 0) is 4.74 Å². The van der Waals surface area contributed by atoms with E-state index in [9.17, 15) is 0 Å². The summed E-state index contributed by atoms with van der Waals surface area (Å²) in [4.78, 5) is 4.45. The predicted molar refractivity (Wildman–Crippen MR) is 72.9 cm³/mol. The fraction of sp³-hybridized carbons (Fsp3) is 0.357. The van der Waals surface area contributed by atoms with Gasteiger partial charge in [0, 0.05) is 18.7 Å². The summed E-state index contributed by atoms with van der Waals surface area (Å²) in [5, 5.41) is 1.10. The summed E-state index contributed by atoms with van der Waals surface area (Å²) in [6, 6.07) is 9.92. The maximum Gasteiger partial charge on any atom is 0.0830 e. The zero-order valence-electron chi connectivity index (χ0n) is 11.0. The first-order chi connectivity index (χ1) is 8.60. The lowest BCUT2D eigenvalue weighted by Gasteiger charge is -2.33. The van der Waals surface area contributed by atoms with Gasteiger partial charge < -0.3 is 4.74 Å². The van der Waals surface area contributed by atoms with Crippen LogP contribution >= 0.6 is 0 Å². The molecule has 0 saturated carbocycles. The number of nitrogens with zero attached hydrogens (tertiary/aromatic N) is 1. The number of hydrazine groups is 1. The summed E-state index contributed by atoms with van der Waals surface area (Å²) in [5.74, 6) is 5.70. The van der Waals surface area contributed by atoms with Crippen LogP contribution in [0.5, 0.6) is 0 Å². The van der Waals surface area contributed by atoms with Crippen molar-refractivity contribution in [1.29, 1.82) is 0 Å². The predicted octanol–water partition coefficient (Wildman–Crippen LogP) is 2.16. The van der Waals surface area contributed by atoms with Gasteiger partial charge in [0.05, 0.1) is 17.2 Å². The van der Waals surface area contributed by atoms with E-state index < -0.39 is 5.60 Å². The topological polar surface area (TPSA) is 60.2 Å². The van der Waals surface area contributed by atoms with Crippen molar-refractivity contribution in [3.05, 3.63) is 42.1 Å². The summed E-state index contributed by atoms with van der Waals surface area (Å²) < 4.78 is 5.52. The first kappa shape index (κ1) is 13.0. The van der Waals surface area contributed by atoms with Gasteiger partial charge in [-0.15, -0.1) is 0 Å². The van der Waals surface area contributed by atoms with Crippen LogP contribution in [0.2, 0.25) is 0 Å². The minimum absolute atomic E-state index is 0.124. The van der Waals surface area contributed by atoms with Gasteiger partial charge in [-0.2, -0.15) is 0 Å². The van der Waals surface area contributed by atoms with Gasteiger partial charge in [0.15, 0.2) is 0 Å². The van der Waals surface area contributed by atoms with E-state index in [-0.39, 0.29) is 6.04 Å². The first-order valence-electron chi connectivity index (χ1n) is 5.95. The Hall–Kier alpha value is -1.49. The molecule has 0 bridgehead atoms. The number of ether oxygens (including phenoxy) is 1. The molecular formula is C14H19N3O. The molecule has 1 aromatic heterocycles. The molecule has 0 aliphatic heterocycles. The molecule has 0 saturated heterocycles. The smallest absolute Gasteiger partial charge is 0.0830 e. The lowest BCUT2D eigenvalue weighted by molar-refractivity contribution is -0.0108. The molecule has 4 heteroatoms. The largest absolute Gasteiger partial charge is 0.377 e. The van der Waals surface area contributed by atoms with Crippen molar-refractivity contribution >= 4 is 10.9 Å². The summed E-state index contributed by atoms with van der Waals surface area (Å²) in [5.41, 5.74) is 4.42. The molecule has 0 radical (unpaired) electrons. The molecule has 0 aliphatic carbocycles. The van der Waals surface area contributed by atoms with Crippen molar-refractivity contribution in [2.45, 2.75) is 25.5 Å². The second kappa shape index (κ2) is 5.02. The number of methoxy groups -OCH3 is 1. The van der Waals surface area contributed by atoms with Crippen molar-refractivity contribution in [2.24, 2.45) is 5.84 Å². The van der Waals surface area contributed by atoms with Crippen LogP contribution in [0.3, 0.4) is 0 Å². The Kier molecular flexibility index (Phi) is 3.61. The Balaban J connectivity index is 2.59. The number of nitrogens with one attached hydrogen (secondary N) is 1. The fourth-order valence-corrected chi connectivity index (χ4v) is 2.14. The maximum absolute atomic E-state index is 5.70. The molecule has 0 amide bonds. The minimum Gasteiger partial charge on any atom is -0.377 e. The molecule has 18 heavy (non-hydrogen) atoms. The van der Waals surface area contributed by atoms with E-state index in [0.29, 0.717) is 0 Å².